The molecule has 0 saturated carbocycles. The predicted molar refractivity (Wildman–Crippen MR) is 67.0 cm³/mol. The van der Waals surface area contributed by atoms with Crippen molar-refractivity contribution in [2.75, 3.05) is 6.54 Å². The van der Waals surface area contributed by atoms with Crippen molar-refractivity contribution in [3.63, 3.8) is 0 Å². The molecule has 1 rings (SSSR count). The lowest BCUT2D eigenvalue weighted by Gasteiger charge is -2.25. The van der Waals surface area contributed by atoms with Crippen molar-refractivity contribution in [1.82, 2.24) is 0 Å². The quantitative estimate of drug-likeness (QED) is 0.887. The first-order chi connectivity index (χ1) is 6.53. The van der Waals surface area contributed by atoms with Crippen LogP contribution < -0.4 is 5.73 Å². The van der Waals surface area contributed by atoms with Gasteiger partial charge in [-0.1, -0.05) is 36.2 Å². The molecule has 86 valence electrons. The Bertz CT molecular complexity index is 326. The lowest BCUT2D eigenvalue weighted by molar-refractivity contribution is 0.0419. The first-order valence-electron chi connectivity index (χ1n) is 4.41. The summed E-state index contributed by atoms with van der Waals surface area (Å²) in [6, 6.07) is 5.06. The van der Waals surface area contributed by atoms with Crippen LogP contribution in [0.3, 0.4) is 0 Å². The fourth-order valence-corrected chi connectivity index (χ4v) is 1.55. The van der Waals surface area contributed by atoms with Gasteiger partial charge in [-0.15, -0.1) is 12.4 Å². The molecule has 0 heterocycles. The van der Waals surface area contributed by atoms with Crippen molar-refractivity contribution in [3.05, 3.63) is 33.8 Å². The van der Waals surface area contributed by atoms with Crippen molar-refractivity contribution in [1.29, 1.82) is 0 Å². The number of hydrogen-bond acceptors (Lipinski definition) is 2. The highest BCUT2D eigenvalue weighted by Crippen LogP contribution is 2.29. The van der Waals surface area contributed by atoms with Gasteiger partial charge in [0.15, 0.2) is 0 Å². The zero-order valence-electron chi connectivity index (χ0n) is 8.34. The molecule has 0 aliphatic rings. The standard InChI is InChI=1S/C10H13Cl2NO.ClH/c1-2-10(14,6-13)7-3-4-8(11)9(12)5-7;/h3-5,14H,2,6,13H2,1H3;1H. The molecular weight excluding hydrogens is 256 g/mol. The highest BCUT2D eigenvalue weighted by molar-refractivity contribution is 6.42. The zero-order valence-corrected chi connectivity index (χ0v) is 10.7. The van der Waals surface area contributed by atoms with Gasteiger partial charge in [0.05, 0.1) is 10.0 Å². The van der Waals surface area contributed by atoms with E-state index in [2.05, 4.69) is 0 Å². The average molecular weight is 271 g/mol. The number of benzene rings is 1. The molecule has 1 atom stereocenters. The van der Waals surface area contributed by atoms with Gasteiger partial charge < -0.3 is 10.8 Å². The van der Waals surface area contributed by atoms with Crippen LogP contribution in [0.1, 0.15) is 18.9 Å². The maximum absolute atomic E-state index is 10.1. The lowest BCUT2D eigenvalue weighted by Crippen LogP contribution is -2.34. The van der Waals surface area contributed by atoms with Crippen LogP contribution in [0.2, 0.25) is 10.0 Å². The van der Waals surface area contributed by atoms with E-state index in [1.165, 1.54) is 0 Å². The molecule has 1 aromatic carbocycles. The first kappa shape index (κ1) is 15.0. The zero-order chi connectivity index (χ0) is 10.8. The molecule has 0 bridgehead atoms. The van der Waals surface area contributed by atoms with E-state index in [4.69, 9.17) is 28.9 Å². The summed E-state index contributed by atoms with van der Waals surface area (Å²) in [5, 5.41) is 11.0. The van der Waals surface area contributed by atoms with E-state index >= 15 is 0 Å². The van der Waals surface area contributed by atoms with Gasteiger partial charge in [0.2, 0.25) is 0 Å². The fraction of sp³-hybridized carbons (Fsp3) is 0.400. The Hall–Kier alpha value is 0.01000. The second-order valence-corrected chi connectivity index (χ2v) is 4.03. The van der Waals surface area contributed by atoms with Gasteiger partial charge in [0.1, 0.15) is 5.60 Å². The molecule has 1 aromatic rings. The SMILES string of the molecule is CCC(O)(CN)c1ccc(Cl)c(Cl)c1.Cl. The monoisotopic (exact) mass is 269 g/mol. The molecule has 0 fully saturated rings. The van der Waals surface area contributed by atoms with Gasteiger partial charge in [-0.05, 0) is 24.1 Å². The van der Waals surface area contributed by atoms with Gasteiger partial charge >= 0.3 is 0 Å². The summed E-state index contributed by atoms with van der Waals surface area (Å²) < 4.78 is 0. The first-order valence-corrected chi connectivity index (χ1v) is 5.17. The van der Waals surface area contributed by atoms with E-state index in [9.17, 15) is 5.11 Å². The van der Waals surface area contributed by atoms with Crippen molar-refractivity contribution < 1.29 is 5.11 Å². The van der Waals surface area contributed by atoms with Gasteiger partial charge in [-0.3, -0.25) is 0 Å². The van der Waals surface area contributed by atoms with Crippen LogP contribution in [-0.4, -0.2) is 11.7 Å². The van der Waals surface area contributed by atoms with E-state index in [1.54, 1.807) is 18.2 Å². The number of halogens is 3. The van der Waals surface area contributed by atoms with Gasteiger partial charge in [-0.2, -0.15) is 0 Å². The van der Waals surface area contributed by atoms with Crippen LogP contribution in [0.4, 0.5) is 0 Å². The highest BCUT2D eigenvalue weighted by Gasteiger charge is 2.25. The number of hydrogen-bond donors (Lipinski definition) is 2. The maximum atomic E-state index is 10.1. The summed E-state index contributed by atoms with van der Waals surface area (Å²) >= 11 is 11.6. The van der Waals surface area contributed by atoms with Gasteiger partial charge in [-0.25, -0.2) is 0 Å². The molecule has 1 unspecified atom stereocenters. The third-order valence-corrected chi connectivity index (χ3v) is 3.12. The van der Waals surface area contributed by atoms with Crippen LogP contribution in [-0.2, 0) is 5.60 Å². The molecule has 0 aliphatic heterocycles. The fourth-order valence-electron chi connectivity index (χ4n) is 1.25. The van der Waals surface area contributed by atoms with Crippen LogP contribution in [0, 0.1) is 0 Å². The molecule has 0 radical (unpaired) electrons. The Labute approximate surface area is 106 Å². The summed E-state index contributed by atoms with van der Waals surface area (Å²) in [7, 11) is 0. The topological polar surface area (TPSA) is 46.2 Å². The third-order valence-electron chi connectivity index (χ3n) is 2.38. The Morgan fingerprint density at radius 1 is 1.33 bits per heavy atom. The molecule has 2 nitrogen and oxygen atoms in total. The molecular formula is C10H14Cl3NO. The molecule has 0 spiro atoms. The summed E-state index contributed by atoms with van der Waals surface area (Å²) in [5.74, 6) is 0. The van der Waals surface area contributed by atoms with Crippen molar-refractivity contribution >= 4 is 35.6 Å². The minimum Gasteiger partial charge on any atom is -0.384 e. The van der Waals surface area contributed by atoms with E-state index in [-0.39, 0.29) is 19.0 Å². The summed E-state index contributed by atoms with van der Waals surface area (Å²) in [4.78, 5) is 0. The summed E-state index contributed by atoms with van der Waals surface area (Å²) in [5.41, 5.74) is 5.21. The molecule has 0 saturated heterocycles. The molecule has 0 amide bonds. The number of nitrogens with two attached hydrogens (primary N) is 1. The summed E-state index contributed by atoms with van der Waals surface area (Å²) in [6.45, 7) is 2.04. The predicted octanol–water partition coefficient (Wildman–Crippen LogP) is 2.97. The molecule has 0 aliphatic carbocycles. The van der Waals surface area contributed by atoms with Crippen molar-refractivity contribution in [2.24, 2.45) is 5.73 Å². The average Bonchev–Trinajstić information content (AvgIpc) is 2.21. The van der Waals surface area contributed by atoms with E-state index in [1.807, 2.05) is 6.92 Å². The van der Waals surface area contributed by atoms with Crippen LogP contribution in [0.15, 0.2) is 18.2 Å². The van der Waals surface area contributed by atoms with Crippen LogP contribution in [0.25, 0.3) is 0 Å². The Kier molecular flexibility index (Phi) is 5.93. The van der Waals surface area contributed by atoms with E-state index in [0.29, 0.717) is 22.0 Å². The Morgan fingerprint density at radius 2 is 1.93 bits per heavy atom. The minimum atomic E-state index is -1.01. The smallest absolute Gasteiger partial charge is 0.102 e. The second-order valence-electron chi connectivity index (χ2n) is 3.22. The molecule has 0 aromatic heterocycles. The summed E-state index contributed by atoms with van der Waals surface area (Å²) in [6.07, 6.45) is 0.543. The van der Waals surface area contributed by atoms with Crippen LogP contribution >= 0.6 is 35.6 Å². The number of aliphatic hydroxyl groups is 1. The maximum Gasteiger partial charge on any atom is 0.102 e. The van der Waals surface area contributed by atoms with E-state index < -0.39 is 5.60 Å². The van der Waals surface area contributed by atoms with Crippen molar-refractivity contribution in [2.45, 2.75) is 18.9 Å². The van der Waals surface area contributed by atoms with Gasteiger partial charge in [0.25, 0.3) is 0 Å². The molecule has 15 heavy (non-hydrogen) atoms. The minimum absolute atomic E-state index is 0. The highest BCUT2D eigenvalue weighted by atomic mass is 35.5. The van der Waals surface area contributed by atoms with Crippen LogP contribution in [0.5, 0.6) is 0 Å². The largest absolute Gasteiger partial charge is 0.384 e. The van der Waals surface area contributed by atoms with E-state index in [0.717, 1.165) is 0 Å². The Morgan fingerprint density at radius 3 is 2.33 bits per heavy atom. The van der Waals surface area contributed by atoms with Gasteiger partial charge in [0, 0.05) is 6.54 Å². The van der Waals surface area contributed by atoms with Crippen molar-refractivity contribution in [3.8, 4) is 0 Å². The second kappa shape index (κ2) is 5.92. The normalized spacial score (nSPS) is 14.2. The third kappa shape index (κ3) is 3.23. The number of rotatable bonds is 3. The lowest BCUT2D eigenvalue weighted by atomic mass is 9.91. The molecule has 5 heteroatoms. The Balaban J connectivity index is 0.00000196. The molecule has 3 N–H and O–H groups in total.